The van der Waals surface area contributed by atoms with E-state index >= 15 is 0 Å². The van der Waals surface area contributed by atoms with Crippen LogP contribution in [0.25, 0.3) is 22.5 Å². The number of imidazole rings is 1. The standard InChI is InChI=1S/C30H30F3N5O4S/c1-18(2)29(39)25-17-37(19(3)36-25)26-13-10-22(21-6-5-7-24(14-21)43(4,40)41)15-27(26)38(35)28(16-34)20-8-11-23(12-9-20)42-30(31,32)33/h5-18H,34-35H2,1-4H3/b28-16-. The van der Waals surface area contributed by atoms with Crippen LogP contribution in [0.15, 0.2) is 84.0 Å². The van der Waals surface area contributed by atoms with E-state index in [0.717, 1.165) is 18.4 Å². The van der Waals surface area contributed by atoms with Crippen LogP contribution in [-0.2, 0) is 9.84 Å². The molecule has 0 fully saturated rings. The number of rotatable bonds is 9. The van der Waals surface area contributed by atoms with Gasteiger partial charge in [0, 0.05) is 30.1 Å². The Morgan fingerprint density at radius 2 is 1.70 bits per heavy atom. The second kappa shape index (κ2) is 11.9. The van der Waals surface area contributed by atoms with E-state index in [1.165, 1.54) is 35.5 Å². The van der Waals surface area contributed by atoms with E-state index in [9.17, 15) is 26.4 Å². The molecular weight excluding hydrogens is 583 g/mol. The molecule has 0 saturated heterocycles. The van der Waals surface area contributed by atoms with Crippen LogP contribution in [0, 0.1) is 12.8 Å². The molecule has 13 heteroatoms. The van der Waals surface area contributed by atoms with Crippen LogP contribution in [0.1, 0.15) is 35.7 Å². The molecule has 226 valence electrons. The van der Waals surface area contributed by atoms with Crippen LogP contribution in [0.5, 0.6) is 5.75 Å². The number of Topliss-reactive ketones (excluding diaryl/α,β-unsaturated/α-hetero) is 1. The number of alkyl halides is 3. The first-order valence-corrected chi connectivity index (χ1v) is 14.9. The molecule has 0 unspecified atom stereocenters. The number of hydrogen-bond donors (Lipinski definition) is 2. The van der Waals surface area contributed by atoms with Crippen molar-refractivity contribution in [3.8, 4) is 22.6 Å². The first-order chi connectivity index (χ1) is 20.1. The molecule has 0 saturated carbocycles. The quantitative estimate of drug-likeness (QED) is 0.141. The highest BCUT2D eigenvalue weighted by atomic mass is 32.2. The predicted molar refractivity (Wildman–Crippen MR) is 158 cm³/mol. The smallest absolute Gasteiger partial charge is 0.406 e. The van der Waals surface area contributed by atoms with Crippen molar-refractivity contribution in [2.24, 2.45) is 17.5 Å². The lowest BCUT2D eigenvalue weighted by Gasteiger charge is -2.26. The molecule has 9 nitrogen and oxygen atoms in total. The average Bonchev–Trinajstić information content (AvgIpc) is 3.33. The molecule has 3 aromatic carbocycles. The normalized spacial score (nSPS) is 12.4. The number of carbonyl (C=O) groups is 1. The highest BCUT2D eigenvalue weighted by Crippen LogP contribution is 2.35. The Labute approximate surface area is 247 Å². The molecule has 4 N–H and O–H groups in total. The minimum absolute atomic E-state index is 0.131. The van der Waals surface area contributed by atoms with Crippen molar-refractivity contribution in [1.29, 1.82) is 0 Å². The summed E-state index contributed by atoms with van der Waals surface area (Å²) in [5, 5.41) is 1.25. The van der Waals surface area contributed by atoms with Crippen molar-refractivity contribution in [3.63, 3.8) is 0 Å². The fraction of sp³-hybridized carbons (Fsp3) is 0.200. The van der Waals surface area contributed by atoms with Crippen molar-refractivity contribution >= 4 is 27.0 Å². The molecule has 4 rings (SSSR count). The third kappa shape index (κ3) is 7.07. The lowest BCUT2D eigenvalue weighted by molar-refractivity contribution is -0.274. The molecule has 0 spiro atoms. The molecule has 43 heavy (non-hydrogen) atoms. The summed E-state index contributed by atoms with van der Waals surface area (Å²) in [5.74, 6) is 6.30. The number of hydrazine groups is 1. The van der Waals surface area contributed by atoms with Gasteiger partial charge >= 0.3 is 6.36 Å². The number of carbonyl (C=O) groups excluding carboxylic acids is 1. The fourth-order valence-corrected chi connectivity index (χ4v) is 5.08. The maximum Gasteiger partial charge on any atom is 0.573 e. The summed E-state index contributed by atoms with van der Waals surface area (Å²) >= 11 is 0. The monoisotopic (exact) mass is 613 g/mol. The van der Waals surface area contributed by atoms with Crippen molar-refractivity contribution in [1.82, 2.24) is 9.55 Å². The molecule has 0 radical (unpaired) electrons. The van der Waals surface area contributed by atoms with Crippen LogP contribution in [-0.4, -0.2) is 36.4 Å². The number of nitrogens with zero attached hydrogens (tertiary/aromatic N) is 3. The lowest BCUT2D eigenvalue weighted by Crippen LogP contribution is -2.31. The van der Waals surface area contributed by atoms with Crippen LogP contribution < -0.4 is 21.3 Å². The number of ether oxygens (including phenoxy) is 1. The summed E-state index contributed by atoms with van der Waals surface area (Å²) in [6.45, 7) is 5.27. The Hall–Kier alpha value is -4.62. The fourth-order valence-electron chi connectivity index (χ4n) is 4.41. The van der Waals surface area contributed by atoms with E-state index in [-0.39, 0.29) is 28.0 Å². The molecule has 0 aliphatic rings. The van der Waals surface area contributed by atoms with Gasteiger partial charge in [-0.1, -0.05) is 32.0 Å². The number of hydrogen-bond acceptors (Lipinski definition) is 8. The van der Waals surface area contributed by atoms with E-state index in [0.29, 0.717) is 33.9 Å². The van der Waals surface area contributed by atoms with Crippen molar-refractivity contribution in [3.05, 3.63) is 96.2 Å². The van der Waals surface area contributed by atoms with Crippen LogP contribution in [0.4, 0.5) is 18.9 Å². The van der Waals surface area contributed by atoms with Gasteiger partial charge in [-0.25, -0.2) is 19.2 Å². The zero-order valence-electron chi connectivity index (χ0n) is 23.8. The summed E-state index contributed by atoms with van der Waals surface area (Å²) < 4.78 is 68.1. The highest BCUT2D eigenvalue weighted by Gasteiger charge is 2.31. The summed E-state index contributed by atoms with van der Waals surface area (Å²) in [4.78, 5) is 17.3. The van der Waals surface area contributed by atoms with Crippen LogP contribution in [0.2, 0.25) is 0 Å². The van der Waals surface area contributed by atoms with Crippen molar-refractivity contribution < 1.29 is 31.1 Å². The second-order valence-electron chi connectivity index (χ2n) is 10.1. The minimum atomic E-state index is -4.85. The van der Waals surface area contributed by atoms with Gasteiger partial charge in [-0.15, -0.1) is 13.2 Å². The number of halogens is 3. The largest absolute Gasteiger partial charge is 0.573 e. The summed E-state index contributed by atoms with van der Waals surface area (Å²) in [6.07, 6.45) is -0.933. The van der Waals surface area contributed by atoms with E-state index < -0.39 is 21.9 Å². The molecule has 0 aliphatic heterocycles. The zero-order chi connectivity index (χ0) is 31.7. The lowest BCUT2D eigenvalue weighted by atomic mass is 10.0. The average molecular weight is 614 g/mol. The SMILES string of the molecule is Cc1nc(C(=O)C(C)C)cn1-c1ccc(-c2cccc(S(C)(=O)=O)c2)cc1N(N)/C(=C\N)c1ccc(OC(F)(F)F)cc1. The Morgan fingerprint density at radius 3 is 2.28 bits per heavy atom. The van der Waals surface area contributed by atoms with Crippen LogP contribution >= 0.6 is 0 Å². The molecular formula is C30H30F3N5O4S. The second-order valence-corrected chi connectivity index (χ2v) is 12.1. The number of aryl methyl sites for hydroxylation is 1. The molecule has 1 heterocycles. The molecule has 1 aromatic heterocycles. The number of anilines is 1. The first-order valence-electron chi connectivity index (χ1n) is 13.0. The highest BCUT2D eigenvalue weighted by molar-refractivity contribution is 7.90. The van der Waals surface area contributed by atoms with Gasteiger partial charge in [-0.2, -0.15) is 0 Å². The summed E-state index contributed by atoms with van der Waals surface area (Å²) in [5.41, 5.74) is 8.94. The number of ketones is 1. The van der Waals surface area contributed by atoms with Crippen molar-refractivity contribution in [2.75, 3.05) is 11.3 Å². The van der Waals surface area contributed by atoms with Crippen molar-refractivity contribution in [2.45, 2.75) is 32.0 Å². The van der Waals surface area contributed by atoms with Gasteiger partial charge in [-0.05, 0) is 66.6 Å². The van der Waals surface area contributed by atoms with E-state index in [2.05, 4.69) is 9.72 Å². The van der Waals surface area contributed by atoms with Gasteiger partial charge in [0.05, 0.1) is 22.0 Å². The Morgan fingerprint density at radius 1 is 1.05 bits per heavy atom. The van der Waals surface area contributed by atoms with Gasteiger partial charge in [-0.3, -0.25) is 9.80 Å². The summed E-state index contributed by atoms with van der Waals surface area (Å²) in [6, 6.07) is 16.6. The van der Waals surface area contributed by atoms with Gasteiger partial charge in [0.25, 0.3) is 0 Å². The van der Waals surface area contributed by atoms with E-state index in [1.807, 2.05) is 0 Å². The number of benzene rings is 3. The number of nitrogens with two attached hydrogens (primary N) is 2. The minimum Gasteiger partial charge on any atom is -0.406 e. The van der Waals surface area contributed by atoms with Gasteiger partial charge < -0.3 is 15.0 Å². The predicted octanol–water partition coefficient (Wildman–Crippen LogP) is 5.63. The van der Waals surface area contributed by atoms with Crippen LogP contribution in [0.3, 0.4) is 0 Å². The molecule has 0 aliphatic carbocycles. The topological polar surface area (TPSA) is 134 Å². The van der Waals surface area contributed by atoms with E-state index in [1.54, 1.807) is 61.9 Å². The summed E-state index contributed by atoms with van der Waals surface area (Å²) in [7, 11) is -3.48. The van der Waals surface area contributed by atoms with Gasteiger partial charge in [0.2, 0.25) is 0 Å². The van der Waals surface area contributed by atoms with Gasteiger partial charge in [0.1, 0.15) is 17.3 Å². The Balaban J connectivity index is 1.86. The molecule has 4 aromatic rings. The zero-order valence-corrected chi connectivity index (χ0v) is 24.6. The molecule has 0 amide bonds. The number of sulfone groups is 1. The molecule has 0 bridgehead atoms. The Bertz CT molecular complexity index is 1800. The number of aromatic nitrogens is 2. The maximum atomic E-state index is 12.7. The first kappa shape index (κ1) is 31.3. The third-order valence-corrected chi connectivity index (χ3v) is 7.66. The van der Waals surface area contributed by atoms with Gasteiger partial charge in [0.15, 0.2) is 15.6 Å². The molecule has 0 atom stereocenters. The maximum absolute atomic E-state index is 12.7. The van der Waals surface area contributed by atoms with E-state index in [4.69, 9.17) is 11.6 Å². The third-order valence-electron chi connectivity index (χ3n) is 6.55. The Kier molecular flexibility index (Phi) is 8.69.